The number of hydrogen-bond acceptors (Lipinski definition) is 7. The zero-order chi connectivity index (χ0) is 16.3. The predicted octanol–water partition coefficient (Wildman–Crippen LogP) is 1.21. The first-order valence-corrected chi connectivity index (χ1v) is 6.91. The van der Waals surface area contributed by atoms with Crippen molar-refractivity contribution in [2.24, 2.45) is 11.8 Å². The normalized spacial score (nSPS) is 11.4. The third-order valence-electron chi connectivity index (χ3n) is 2.61. The maximum atomic E-state index is 11.7. The molecule has 0 radical (unpaired) electrons. The summed E-state index contributed by atoms with van der Waals surface area (Å²) in [6.07, 6.45) is 0.0202. The summed E-state index contributed by atoms with van der Waals surface area (Å²) < 4.78 is 14.4. The molecule has 0 amide bonds. The zero-order valence-electron chi connectivity index (χ0n) is 12.6. The summed E-state index contributed by atoms with van der Waals surface area (Å²) >= 11 is 0. The number of esters is 3. The fourth-order valence-corrected chi connectivity index (χ4v) is 1.63. The van der Waals surface area contributed by atoms with E-state index in [1.165, 1.54) is 0 Å². The van der Waals surface area contributed by atoms with E-state index in [9.17, 15) is 14.4 Å². The second kappa shape index (κ2) is 10.7. The second-order valence-corrected chi connectivity index (χ2v) is 4.07. The number of carbonyl (C=O) groups excluding carboxylic acids is 3. The topological polar surface area (TPSA) is 103 Å². The summed E-state index contributed by atoms with van der Waals surface area (Å²) in [5, 5.41) is 8.94. The van der Waals surface area contributed by atoms with E-state index in [2.05, 4.69) is 0 Å². The molecule has 0 aliphatic carbocycles. The molecule has 1 atom stereocenters. The van der Waals surface area contributed by atoms with Crippen LogP contribution < -0.4 is 0 Å². The molecule has 0 heterocycles. The van der Waals surface area contributed by atoms with Crippen LogP contribution in [0.25, 0.3) is 0 Å². The number of nitriles is 1. The summed E-state index contributed by atoms with van der Waals surface area (Å²) in [5.74, 6) is -4.23. The summed E-state index contributed by atoms with van der Waals surface area (Å²) in [5.41, 5.74) is 0. The summed E-state index contributed by atoms with van der Waals surface area (Å²) in [6.45, 7) is 5.30. The molecule has 7 heteroatoms. The van der Waals surface area contributed by atoms with Crippen molar-refractivity contribution in [3.8, 4) is 6.07 Å². The van der Waals surface area contributed by atoms with Crippen LogP contribution in [0.15, 0.2) is 0 Å². The van der Waals surface area contributed by atoms with E-state index in [1.807, 2.05) is 0 Å². The first kappa shape index (κ1) is 18.9. The summed E-state index contributed by atoms with van der Waals surface area (Å²) in [6, 6.07) is 1.81. The van der Waals surface area contributed by atoms with Crippen LogP contribution in [0.5, 0.6) is 0 Å². The lowest BCUT2D eigenvalue weighted by Crippen LogP contribution is -2.29. The van der Waals surface area contributed by atoms with Gasteiger partial charge in [-0.1, -0.05) is 0 Å². The van der Waals surface area contributed by atoms with Crippen molar-refractivity contribution in [3.63, 3.8) is 0 Å². The number of nitrogens with zero attached hydrogens (tertiary/aromatic N) is 1. The molecular formula is C14H21NO6. The fraction of sp³-hybridized carbons (Fsp3) is 0.714. The number of rotatable bonds is 9. The van der Waals surface area contributed by atoms with Gasteiger partial charge in [0, 0.05) is 0 Å². The lowest BCUT2D eigenvalue weighted by molar-refractivity contribution is -0.162. The molecule has 0 aromatic carbocycles. The van der Waals surface area contributed by atoms with Crippen LogP contribution in [0.2, 0.25) is 0 Å². The Hall–Kier alpha value is -2.10. The maximum absolute atomic E-state index is 11.7. The van der Waals surface area contributed by atoms with E-state index in [0.717, 1.165) is 0 Å². The summed E-state index contributed by atoms with van der Waals surface area (Å²) in [4.78, 5) is 35.0. The van der Waals surface area contributed by atoms with Crippen molar-refractivity contribution in [1.82, 2.24) is 0 Å². The van der Waals surface area contributed by atoms with Crippen LogP contribution in [0.3, 0.4) is 0 Å². The third kappa shape index (κ3) is 6.75. The van der Waals surface area contributed by atoms with Gasteiger partial charge in [0.1, 0.15) is 5.92 Å². The molecule has 0 saturated carbocycles. The molecule has 0 fully saturated rings. The Labute approximate surface area is 124 Å². The van der Waals surface area contributed by atoms with Crippen LogP contribution in [0.1, 0.15) is 33.6 Å². The molecule has 0 aromatic heterocycles. The van der Waals surface area contributed by atoms with Gasteiger partial charge in [-0.15, -0.1) is 0 Å². The van der Waals surface area contributed by atoms with Crippen LogP contribution in [-0.4, -0.2) is 37.7 Å². The van der Waals surface area contributed by atoms with E-state index in [-0.39, 0.29) is 32.7 Å². The van der Waals surface area contributed by atoms with Crippen molar-refractivity contribution in [2.75, 3.05) is 19.8 Å². The van der Waals surface area contributed by atoms with E-state index >= 15 is 0 Å². The first-order valence-electron chi connectivity index (χ1n) is 6.91. The van der Waals surface area contributed by atoms with Gasteiger partial charge in [0.05, 0.1) is 25.9 Å². The highest BCUT2D eigenvalue weighted by atomic mass is 16.6. The molecule has 0 aliphatic heterocycles. The Balaban J connectivity index is 4.73. The van der Waals surface area contributed by atoms with Crippen LogP contribution in [-0.2, 0) is 28.6 Å². The minimum absolute atomic E-state index is 0.00525. The quantitative estimate of drug-likeness (QED) is 0.358. The second-order valence-electron chi connectivity index (χ2n) is 4.07. The average molecular weight is 299 g/mol. The Bertz CT molecular complexity index is 383. The molecule has 0 bridgehead atoms. The molecule has 0 rings (SSSR count). The minimum Gasteiger partial charge on any atom is -0.465 e. The first-order chi connectivity index (χ1) is 10.0. The lowest BCUT2D eigenvalue weighted by atomic mass is 9.96. The van der Waals surface area contributed by atoms with Crippen molar-refractivity contribution in [2.45, 2.75) is 33.6 Å². The van der Waals surface area contributed by atoms with Crippen molar-refractivity contribution in [1.29, 1.82) is 5.26 Å². The van der Waals surface area contributed by atoms with E-state index < -0.39 is 29.7 Å². The minimum atomic E-state index is -1.13. The van der Waals surface area contributed by atoms with Gasteiger partial charge in [-0.05, 0) is 33.6 Å². The summed E-state index contributed by atoms with van der Waals surface area (Å²) in [7, 11) is 0. The van der Waals surface area contributed by atoms with Gasteiger partial charge in [0.25, 0.3) is 0 Å². The molecule has 0 aliphatic rings. The molecule has 7 nitrogen and oxygen atoms in total. The highest BCUT2D eigenvalue weighted by Crippen LogP contribution is 2.17. The molecule has 118 valence electrons. The molecule has 0 saturated heterocycles. The maximum Gasteiger partial charge on any atom is 0.323 e. The van der Waals surface area contributed by atoms with Gasteiger partial charge in [0.15, 0.2) is 5.92 Å². The van der Waals surface area contributed by atoms with Gasteiger partial charge in [-0.25, -0.2) is 0 Å². The van der Waals surface area contributed by atoms with E-state index in [1.54, 1.807) is 26.8 Å². The average Bonchev–Trinajstić information content (AvgIpc) is 2.44. The van der Waals surface area contributed by atoms with Crippen molar-refractivity contribution < 1.29 is 28.6 Å². The zero-order valence-corrected chi connectivity index (χ0v) is 12.6. The highest BCUT2D eigenvalue weighted by Gasteiger charge is 2.31. The standard InChI is InChI=1S/C14H21NO6/c1-4-19-12(16)10(9-15)7-8-11(13(17)20-5-2)14(18)21-6-3/h10-11H,4-8H2,1-3H3. The van der Waals surface area contributed by atoms with Crippen molar-refractivity contribution >= 4 is 17.9 Å². The van der Waals surface area contributed by atoms with Gasteiger partial charge in [0.2, 0.25) is 0 Å². The Kier molecular flexibility index (Phi) is 9.59. The highest BCUT2D eigenvalue weighted by molar-refractivity contribution is 5.94. The molecular weight excluding hydrogens is 278 g/mol. The molecule has 0 aromatic rings. The molecule has 21 heavy (non-hydrogen) atoms. The molecule has 0 spiro atoms. The Morgan fingerprint density at radius 2 is 1.29 bits per heavy atom. The van der Waals surface area contributed by atoms with Gasteiger partial charge < -0.3 is 14.2 Å². The third-order valence-corrected chi connectivity index (χ3v) is 2.61. The fourth-order valence-electron chi connectivity index (χ4n) is 1.63. The smallest absolute Gasteiger partial charge is 0.323 e. The largest absolute Gasteiger partial charge is 0.465 e. The Morgan fingerprint density at radius 1 is 0.857 bits per heavy atom. The number of carbonyl (C=O) groups is 3. The van der Waals surface area contributed by atoms with E-state index in [0.29, 0.717) is 0 Å². The molecule has 0 N–H and O–H groups in total. The molecule has 1 unspecified atom stereocenters. The van der Waals surface area contributed by atoms with Crippen molar-refractivity contribution in [3.05, 3.63) is 0 Å². The van der Waals surface area contributed by atoms with E-state index in [4.69, 9.17) is 19.5 Å². The van der Waals surface area contributed by atoms with Crippen LogP contribution in [0, 0.1) is 23.2 Å². The Morgan fingerprint density at radius 3 is 1.67 bits per heavy atom. The van der Waals surface area contributed by atoms with Gasteiger partial charge in [-0.2, -0.15) is 5.26 Å². The number of hydrogen-bond donors (Lipinski definition) is 0. The van der Waals surface area contributed by atoms with Gasteiger partial charge in [-0.3, -0.25) is 14.4 Å². The lowest BCUT2D eigenvalue weighted by Gasteiger charge is -2.15. The monoisotopic (exact) mass is 299 g/mol. The van der Waals surface area contributed by atoms with Crippen LogP contribution >= 0.6 is 0 Å². The SMILES string of the molecule is CCOC(=O)C(C#N)CCC(C(=O)OCC)C(=O)OCC. The van der Waals surface area contributed by atoms with Gasteiger partial charge >= 0.3 is 17.9 Å². The predicted molar refractivity (Wildman–Crippen MR) is 71.7 cm³/mol. The van der Waals surface area contributed by atoms with Crippen LogP contribution in [0.4, 0.5) is 0 Å². The number of ether oxygens (including phenoxy) is 3.